The molecule has 1 saturated carbocycles. The van der Waals surface area contributed by atoms with Crippen molar-refractivity contribution in [2.75, 3.05) is 4.72 Å². The molecule has 1 amide bonds. The fourth-order valence-electron chi connectivity index (χ4n) is 3.13. The van der Waals surface area contributed by atoms with Crippen LogP contribution in [0.5, 0.6) is 0 Å². The zero-order valence-electron chi connectivity index (χ0n) is 14.2. The van der Waals surface area contributed by atoms with Crippen LogP contribution in [0.1, 0.15) is 41.6 Å². The van der Waals surface area contributed by atoms with Crippen LogP contribution in [0.3, 0.4) is 0 Å². The molecule has 3 rings (SSSR count). The minimum atomic E-state index is -3.68. The molecule has 2 aromatic carbocycles. The van der Waals surface area contributed by atoms with Gasteiger partial charge in [-0.25, -0.2) is 8.42 Å². The standard InChI is InChI=1S/C19H22N2O3S/c1-14-17(19(22)20-15-8-5-6-9-15)12-7-13-18(14)21-25(23,24)16-10-3-2-4-11-16/h2-4,7,10-13,15,21H,5-6,8-9H2,1H3,(H,20,22). The quantitative estimate of drug-likeness (QED) is 0.859. The van der Waals surface area contributed by atoms with Gasteiger partial charge in [-0.05, 0) is 49.6 Å². The molecule has 0 atom stereocenters. The van der Waals surface area contributed by atoms with Gasteiger partial charge in [0, 0.05) is 11.6 Å². The van der Waals surface area contributed by atoms with Crippen LogP contribution >= 0.6 is 0 Å². The van der Waals surface area contributed by atoms with E-state index >= 15 is 0 Å². The van der Waals surface area contributed by atoms with Gasteiger partial charge < -0.3 is 5.32 Å². The van der Waals surface area contributed by atoms with Gasteiger partial charge in [0.2, 0.25) is 0 Å². The average molecular weight is 358 g/mol. The van der Waals surface area contributed by atoms with E-state index < -0.39 is 10.0 Å². The largest absolute Gasteiger partial charge is 0.349 e. The predicted octanol–water partition coefficient (Wildman–Crippen LogP) is 3.47. The molecule has 2 N–H and O–H groups in total. The van der Waals surface area contributed by atoms with Crippen molar-refractivity contribution in [2.45, 2.75) is 43.5 Å². The van der Waals surface area contributed by atoms with Gasteiger partial charge in [0.15, 0.2) is 0 Å². The first-order valence-corrected chi connectivity index (χ1v) is 9.94. The molecule has 0 heterocycles. The summed E-state index contributed by atoms with van der Waals surface area (Å²) in [5.41, 5.74) is 1.54. The van der Waals surface area contributed by atoms with Crippen LogP contribution in [0.2, 0.25) is 0 Å². The summed E-state index contributed by atoms with van der Waals surface area (Å²) in [5, 5.41) is 3.04. The number of nitrogens with one attached hydrogen (secondary N) is 2. The molecule has 132 valence electrons. The third-order valence-corrected chi connectivity index (χ3v) is 5.95. The first-order chi connectivity index (χ1) is 12.0. The number of hydrogen-bond acceptors (Lipinski definition) is 3. The fourth-order valence-corrected chi connectivity index (χ4v) is 4.27. The molecule has 25 heavy (non-hydrogen) atoms. The molecule has 0 unspecified atom stereocenters. The Labute approximate surface area is 148 Å². The Bertz CT molecular complexity index is 857. The van der Waals surface area contributed by atoms with Crippen molar-refractivity contribution in [3.8, 4) is 0 Å². The van der Waals surface area contributed by atoms with Gasteiger partial charge in [-0.3, -0.25) is 9.52 Å². The number of sulfonamides is 1. The first-order valence-electron chi connectivity index (χ1n) is 8.46. The van der Waals surface area contributed by atoms with Gasteiger partial charge in [-0.15, -0.1) is 0 Å². The van der Waals surface area contributed by atoms with E-state index in [-0.39, 0.29) is 16.8 Å². The number of carbonyl (C=O) groups is 1. The molecule has 0 bridgehead atoms. The van der Waals surface area contributed by atoms with Crippen LogP contribution in [0, 0.1) is 6.92 Å². The first kappa shape index (κ1) is 17.5. The van der Waals surface area contributed by atoms with Crippen molar-refractivity contribution in [1.29, 1.82) is 0 Å². The van der Waals surface area contributed by atoms with Crippen LogP contribution in [0.25, 0.3) is 0 Å². The summed E-state index contributed by atoms with van der Waals surface area (Å²) in [5.74, 6) is -0.148. The Morgan fingerprint density at radius 3 is 2.36 bits per heavy atom. The Hall–Kier alpha value is -2.34. The zero-order chi connectivity index (χ0) is 17.9. The number of anilines is 1. The van der Waals surface area contributed by atoms with E-state index in [9.17, 15) is 13.2 Å². The van der Waals surface area contributed by atoms with Crippen LogP contribution in [-0.2, 0) is 10.0 Å². The van der Waals surface area contributed by atoms with Crippen molar-refractivity contribution in [1.82, 2.24) is 5.32 Å². The zero-order valence-corrected chi connectivity index (χ0v) is 15.0. The van der Waals surface area contributed by atoms with E-state index in [0.29, 0.717) is 16.8 Å². The van der Waals surface area contributed by atoms with Gasteiger partial charge >= 0.3 is 0 Å². The minimum Gasteiger partial charge on any atom is -0.349 e. The highest BCUT2D eigenvalue weighted by atomic mass is 32.2. The lowest BCUT2D eigenvalue weighted by Crippen LogP contribution is -2.33. The van der Waals surface area contributed by atoms with E-state index in [1.807, 2.05) is 0 Å². The lowest BCUT2D eigenvalue weighted by Gasteiger charge is -2.16. The van der Waals surface area contributed by atoms with Crippen molar-refractivity contribution in [3.63, 3.8) is 0 Å². The highest BCUT2D eigenvalue weighted by Crippen LogP contribution is 2.24. The third kappa shape index (κ3) is 4.02. The summed E-state index contributed by atoms with van der Waals surface area (Å²) < 4.78 is 27.6. The predicted molar refractivity (Wildman–Crippen MR) is 98.2 cm³/mol. The molecule has 0 aliphatic heterocycles. The van der Waals surface area contributed by atoms with Crippen LogP contribution in [0.4, 0.5) is 5.69 Å². The lowest BCUT2D eigenvalue weighted by molar-refractivity contribution is 0.0937. The van der Waals surface area contributed by atoms with Gasteiger partial charge in [0.1, 0.15) is 0 Å². The summed E-state index contributed by atoms with van der Waals surface area (Å²) in [6, 6.07) is 13.5. The normalized spacial score (nSPS) is 15.1. The third-order valence-electron chi connectivity index (χ3n) is 4.57. The molecule has 1 fully saturated rings. The second-order valence-electron chi connectivity index (χ2n) is 6.35. The number of benzene rings is 2. The molecule has 1 aliphatic rings. The molecular formula is C19H22N2O3S. The molecule has 6 heteroatoms. The second kappa shape index (κ2) is 7.27. The molecule has 0 saturated heterocycles. The van der Waals surface area contributed by atoms with Crippen molar-refractivity contribution in [2.24, 2.45) is 0 Å². The average Bonchev–Trinajstić information content (AvgIpc) is 3.10. The van der Waals surface area contributed by atoms with Crippen molar-refractivity contribution < 1.29 is 13.2 Å². The SMILES string of the molecule is Cc1c(NS(=O)(=O)c2ccccc2)cccc1C(=O)NC1CCCC1. The number of hydrogen-bond donors (Lipinski definition) is 2. The molecule has 0 aromatic heterocycles. The summed E-state index contributed by atoms with van der Waals surface area (Å²) in [4.78, 5) is 12.7. The summed E-state index contributed by atoms with van der Waals surface area (Å²) >= 11 is 0. The van der Waals surface area contributed by atoms with E-state index in [4.69, 9.17) is 0 Å². The van der Waals surface area contributed by atoms with Crippen LogP contribution in [0.15, 0.2) is 53.4 Å². The second-order valence-corrected chi connectivity index (χ2v) is 8.03. The van der Waals surface area contributed by atoms with Gasteiger partial charge in [-0.2, -0.15) is 0 Å². The van der Waals surface area contributed by atoms with E-state index in [1.165, 1.54) is 12.1 Å². The van der Waals surface area contributed by atoms with E-state index in [2.05, 4.69) is 10.0 Å². The van der Waals surface area contributed by atoms with Crippen molar-refractivity contribution in [3.05, 3.63) is 59.7 Å². The Balaban J connectivity index is 1.82. The van der Waals surface area contributed by atoms with E-state index in [0.717, 1.165) is 25.7 Å². The molecular weight excluding hydrogens is 336 g/mol. The van der Waals surface area contributed by atoms with Crippen LogP contribution < -0.4 is 10.0 Å². The topological polar surface area (TPSA) is 75.3 Å². The maximum Gasteiger partial charge on any atom is 0.261 e. The van der Waals surface area contributed by atoms with Gasteiger partial charge in [0.05, 0.1) is 10.6 Å². The number of rotatable bonds is 5. The monoisotopic (exact) mass is 358 g/mol. The molecule has 1 aliphatic carbocycles. The summed E-state index contributed by atoms with van der Waals surface area (Å²) in [7, 11) is -3.68. The summed E-state index contributed by atoms with van der Waals surface area (Å²) in [6.07, 6.45) is 4.29. The lowest BCUT2D eigenvalue weighted by atomic mass is 10.1. The van der Waals surface area contributed by atoms with Crippen molar-refractivity contribution >= 4 is 21.6 Å². The Morgan fingerprint density at radius 2 is 1.68 bits per heavy atom. The Kier molecular flexibility index (Phi) is 5.08. The number of carbonyl (C=O) groups excluding carboxylic acids is 1. The van der Waals surface area contributed by atoms with E-state index in [1.54, 1.807) is 43.3 Å². The maximum absolute atomic E-state index is 12.5. The Morgan fingerprint density at radius 1 is 1.00 bits per heavy atom. The van der Waals surface area contributed by atoms with Gasteiger partial charge in [0.25, 0.3) is 15.9 Å². The number of amides is 1. The molecule has 0 radical (unpaired) electrons. The minimum absolute atomic E-state index is 0.148. The highest BCUT2D eigenvalue weighted by Gasteiger charge is 2.21. The summed E-state index contributed by atoms with van der Waals surface area (Å²) in [6.45, 7) is 1.76. The van der Waals surface area contributed by atoms with Crippen LogP contribution in [-0.4, -0.2) is 20.4 Å². The molecule has 2 aromatic rings. The maximum atomic E-state index is 12.5. The van der Waals surface area contributed by atoms with Gasteiger partial charge in [-0.1, -0.05) is 37.1 Å². The smallest absolute Gasteiger partial charge is 0.261 e. The fraction of sp³-hybridized carbons (Fsp3) is 0.316. The molecule has 0 spiro atoms. The highest BCUT2D eigenvalue weighted by molar-refractivity contribution is 7.92. The molecule has 5 nitrogen and oxygen atoms in total.